The van der Waals surface area contributed by atoms with Crippen molar-refractivity contribution in [1.82, 2.24) is 5.32 Å². The van der Waals surface area contributed by atoms with Crippen LogP contribution in [0.1, 0.15) is 37.8 Å². The van der Waals surface area contributed by atoms with Crippen molar-refractivity contribution >= 4 is 21.6 Å². The summed E-state index contributed by atoms with van der Waals surface area (Å²) in [5, 5.41) is 2.93. The molecule has 0 saturated carbocycles. The van der Waals surface area contributed by atoms with Gasteiger partial charge in [0.2, 0.25) is 15.9 Å². The van der Waals surface area contributed by atoms with E-state index in [1.54, 1.807) is 12.1 Å². The van der Waals surface area contributed by atoms with E-state index in [1.165, 1.54) is 20.3 Å². The van der Waals surface area contributed by atoms with E-state index in [2.05, 4.69) is 5.32 Å². The predicted molar refractivity (Wildman–Crippen MR) is 119 cm³/mol. The molecule has 0 aliphatic heterocycles. The first-order valence-electron chi connectivity index (χ1n) is 10.0. The van der Waals surface area contributed by atoms with Gasteiger partial charge in [0, 0.05) is 19.0 Å². The molecule has 2 aromatic carbocycles. The molecule has 0 fully saturated rings. The van der Waals surface area contributed by atoms with Gasteiger partial charge in [-0.1, -0.05) is 13.0 Å². The van der Waals surface area contributed by atoms with Crippen LogP contribution in [0.3, 0.4) is 0 Å². The highest BCUT2D eigenvalue weighted by Gasteiger charge is 2.20. The third kappa shape index (κ3) is 6.56. The average molecular weight is 471 g/mol. The molecular weight excluding hydrogens is 442 g/mol. The molecule has 0 saturated heterocycles. The summed E-state index contributed by atoms with van der Waals surface area (Å²) in [6.07, 6.45) is 1.85. The van der Waals surface area contributed by atoms with Crippen molar-refractivity contribution in [1.29, 1.82) is 0 Å². The molecule has 0 aliphatic rings. The molecule has 0 heterocycles. The van der Waals surface area contributed by atoms with E-state index in [0.717, 1.165) is 28.3 Å². The summed E-state index contributed by atoms with van der Waals surface area (Å²) in [6.45, 7) is 1.88. The van der Waals surface area contributed by atoms with Gasteiger partial charge < -0.3 is 14.8 Å². The molecule has 0 aromatic heterocycles. The number of methoxy groups -OCH3 is 2. The zero-order valence-electron chi connectivity index (χ0n) is 18.5. The Labute approximate surface area is 187 Å². The van der Waals surface area contributed by atoms with Crippen LogP contribution in [0.4, 0.5) is 14.5 Å². The number of hydrogen-bond acceptors (Lipinski definition) is 5. The zero-order valence-corrected chi connectivity index (χ0v) is 19.3. The molecule has 176 valence electrons. The van der Waals surface area contributed by atoms with Crippen LogP contribution in [0, 0.1) is 11.6 Å². The van der Waals surface area contributed by atoms with Crippen molar-refractivity contribution in [3.63, 3.8) is 0 Å². The lowest BCUT2D eigenvalue weighted by Gasteiger charge is -2.23. The summed E-state index contributed by atoms with van der Waals surface area (Å²) in [4.78, 5) is 12.5. The van der Waals surface area contributed by atoms with Crippen molar-refractivity contribution in [2.45, 2.75) is 32.2 Å². The number of nitrogens with one attached hydrogen (secondary N) is 1. The predicted octanol–water partition coefficient (Wildman–Crippen LogP) is 3.80. The first-order chi connectivity index (χ1) is 15.1. The second kappa shape index (κ2) is 11.1. The Bertz CT molecular complexity index is 1050. The maximum absolute atomic E-state index is 13.5. The van der Waals surface area contributed by atoms with Gasteiger partial charge in [-0.25, -0.2) is 17.2 Å². The highest BCUT2D eigenvalue weighted by atomic mass is 32.2. The van der Waals surface area contributed by atoms with Crippen molar-refractivity contribution in [2.24, 2.45) is 0 Å². The Morgan fingerprint density at radius 1 is 1.06 bits per heavy atom. The first-order valence-corrected chi connectivity index (χ1v) is 11.9. The van der Waals surface area contributed by atoms with E-state index in [0.29, 0.717) is 17.9 Å². The largest absolute Gasteiger partial charge is 0.493 e. The smallest absolute Gasteiger partial charge is 0.232 e. The number of carbonyl (C=O) groups excluding carboxylic acids is 1. The van der Waals surface area contributed by atoms with Crippen LogP contribution < -0.4 is 19.1 Å². The summed E-state index contributed by atoms with van der Waals surface area (Å²) >= 11 is 0. The number of anilines is 1. The quantitative estimate of drug-likeness (QED) is 0.540. The van der Waals surface area contributed by atoms with Gasteiger partial charge in [-0.15, -0.1) is 0 Å². The number of amides is 1. The highest BCUT2D eigenvalue weighted by Crippen LogP contribution is 2.31. The average Bonchev–Trinajstić information content (AvgIpc) is 2.75. The van der Waals surface area contributed by atoms with E-state index in [4.69, 9.17) is 9.47 Å². The number of rotatable bonds is 11. The topological polar surface area (TPSA) is 84.9 Å². The number of sulfonamides is 1. The molecule has 2 rings (SSSR count). The van der Waals surface area contributed by atoms with Gasteiger partial charge in [0.15, 0.2) is 23.1 Å². The second-order valence-corrected chi connectivity index (χ2v) is 9.09. The lowest BCUT2D eigenvalue weighted by molar-refractivity contribution is -0.121. The van der Waals surface area contributed by atoms with Crippen LogP contribution in [-0.4, -0.2) is 41.3 Å². The van der Waals surface area contributed by atoms with Gasteiger partial charge in [-0.3, -0.25) is 9.10 Å². The summed E-state index contributed by atoms with van der Waals surface area (Å²) in [5.41, 5.74) is 0.849. The van der Waals surface area contributed by atoms with E-state index >= 15 is 0 Å². The number of hydrogen-bond donors (Lipinski definition) is 1. The lowest BCUT2D eigenvalue weighted by atomic mass is 10.0. The van der Waals surface area contributed by atoms with Crippen molar-refractivity contribution in [3.05, 3.63) is 53.6 Å². The van der Waals surface area contributed by atoms with E-state index in [9.17, 15) is 22.0 Å². The third-order valence-corrected chi connectivity index (χ3v) is 6.10. The van der Waals surface area contributed by atoms with Gasteiger partial charge in [0.1, 0.15) is 0 Å². The Morgan fingerprint density at radius 3 is 2.31 bits per heavy atom. The van der Waals surface area contributed by atoms with Crippen LogP contribution in [0.2, 0.25) is 0 Å². The lowest BCUT2D eigenvalue weighted by Crippen LogP contribution is -2.33. The molecule has 0 spiro atoms. The first kappa shape index (κ1) is 25.4. The molecule has 2 aromatic rings. The molecular formula is C22H28F2N2O5S. The number of ether oxygens (including phenoxy) is 2. The fourth-order valence-electron chi connectivity index (χ4n) is 3.27. The minimum atomic E-state index is -3.74. The Kier molecular flexibility index (Phi) is 8.82. The Balaban J connectivity index is 2.03. The zero-order chi connectivity index (χ0) is 23.9. The van der Waals surface area contributed by atoms with Crippen LogP contribution in [0.15, 0.2) is 36.4 Å². The Hall–Kier alpha value is -2.88. The minimum absolute atomic E-state index is 0.00331. The summed E-state index contributed by atoms with van der Waals surface area (Å²) in [5.74, 6) is -1.34. The number of carbonyl (C=O) groups is 1. The van der Waals surface area contributed by atoms with Gasteiger partial charge in [0.05, 0.1) is 32.2 Å². The molecule has 0 radical (unpaired) electrons. The van der Waals surface area contributed by atoms with Crippen LogP contribution in [0.25, 0.3) is 0 Å². The maximum atomic E-state index is 13.5. The number of halogens is 2. The number of benzene rings is 2. The van der Waals surface area contributed by atoms with E-state index < -0.39 is 21.7 Å². The fraction of sp³-hybridized carbons (Fsp3) is 0.409. The standard InChI is InChI=1S/C22H28F2N2O5S/c1-5-19(15-8-11-20(30-2)21(13-15)31-3)25-22(27)7-6-12-26(32(4,28)29)16-9-10-17(23)18(24)14-16/h8-11,13-14,19H,5-7,12H2,1-4H3,(H,25,27). The molecule has 32 heavy (non-hydrogen) atoms. The van der Waals surface area contributed by atoms with Crippen LogP contribution in [0.5, 0.6) is 11.5 Å². The SMILES string of the molecule is CCC(NC(=O)CCCN(c1ccc(F)c(F)c1)S(C)(=O)=O)c1ccc(OC)c(OC)c1. The monoisotopic (exact) mass is 470 g/mol. The summed E-state index contributed by atoms with van der Waals surface area (Å²) in [6, 6.07) is 8.00. The minimum Gasteiger partial charge on any atom is -0.493 e. The van der Waals surface area contributed by atoms with Crippen molar-refractivity contribution in [3.8, 4) is 11.5 Å². The van der Waals surface area contributed by atoms with Gasteiger partial charge in [0.25, 0.3) is 0 Å². The summed E-state index contributed by atoms with van der Waals surface area (Å²) < 4.78 is 62.5. The molecule has 0 bridgehead atoms. The molecule has 1 unspecified atom stereocenters. The van der Waals surface area contributed by atoms with Crippen molar-refractivity contribution < 1.29 is 31.5 Å². The number of nitrogens with zero attached hydrogens (tertiary/aromatic N) is 1. The molecule has 0 aliphatic carbocycles. The van der Waals surface area contributed by atoms with Crippen molar-refractivity contribution in [2.75, 3.05) is 31.3 Å². The van der Waals surface area contributed by atoms with Crippen LogP contribution in [-0.2, 0) is 14.8 Å². The van der Waals surface area contributed by atoms with Gasteiger partial charge in [-0.05, 0) is 42.7 Å². The molecule has 1 amide bonds. The van der Waals surface area contributed by atoms with Gasteiger partial charge >= 0.3 is 0 Å². The normalized spacial score (nSPS) is 12.2. The summed E-state index contributed by atoms with van der Waals surface area (Å²) in [7, 11) is -0.676. The van der Waals surface area contributed by atoms with E-state index in [-0.39, 0.29) is 37.0 Å². The van der Waals surface area contributed by atoms with Gasteiger partial charge in [-0.2, -0.15) is 0 Å². The molecule has 7 nitrogen and oxygen atoms in total. The second-order valence-electron chi connectivity index (χ2n) is 7.18. The van der Waals surface area contributed by atoms with Crippen LogP contribution >= 0.6 is 0 Å². The highest BCUT2D eigenvalue weighted by molar-refractivity contribution is 7.92. The Morgan fingerprint density at radius 2 is 1.75 bits per heavy atom. The third-order valence-electron chi connectivity index (χ3n) is 4.91. The fourth-order valence-corrected chi connectivity index (χ4v) is 4.22. The molecule has 1 atom stereocenters. The van der Waals surface area contributed by atoms with E-state index in [1.807, 2.05) is 13.0 Å². The molecule has 10 heteroatoms. The molecule has 1 N–H and O–H groups in total. The maximum Gasteiger partial charge on any atom is 0.232 e.